The fraction of sp³-hybridized carbons (Fsp3) is 0.160. The number of ether oxygens (including phenoxy) is 2. The van der Waals surface area contributed by atoms with E-state index in [9.17, 15) is 18.0 Å². The van der Waals surface area contributed by atoms with Gasteiger partial charge in [0.2, 0.25) is 0 Å². The molecule has 0 bridgehead atoms. The number of hydrogen-bond donors (Lipinski definition) is 1. The van der Waals surface area contributed by atoms with Gasteiger partial charge in [-0.25, -0.2) is 14.0 Å². The molecular formula is C25H17Cl5FNO7S. The van der Waals surface area contributed by atoms with E-state index in [-0.39, 0.29) is 32.4 Å². The van der Waals surface area contributed by atoms with Crippen molar-refractivity contribution in [3.8, 4) is 0 Å². The topological polar surface area (TPSA) is 120 Å². The zero-order valence-corrected chi connectivity index (χ0v) is 24.4. The zero-order valence-electron chi connectivity index (χ0n) is 19.8. The van der Waals surface area contributed by atoms with Crippen LogP contribution >= 0.6 is 58.0 Å². The first-order chi connectivity index (χ1) is 18.8. The summed E-state index contributed by atoms with van der Waals surface area (Å²) in [5.41, 5.74) is -0.0454. The largest absolute Gasteiger partial charge is 0.459 e. The lowest BCUT2D eigenvalue weighted by molar-refractivity contribution is -0.0475. The summed E-state index contributed by atoms with van der Waals surface area (Å²) in [4.78, 5) is 24.7. The highest BCUT2D eigenvalue weighted by molar-refractivity contribution is 7.87. The number of hydrogen-bond acceptors (Lipinski definition) is 8. The number of carbonyl (C=O) groups is 2. The van der Waals surface area contributed by atoms with Crippen LogP contribution in [0, 0.1) is 5.41 Å². The molecule has 212 valence electrons. The number of carbonyl (C=O) groups excluding carboxylic acids is 2. The maximum absolute atomic E-state index is 15.0. The molecule has 0 aliphatic heterocycles. The van der Waals surface area contributed by atoms with Gasteiger partial charge in [0.15, 0.2) is 18.4 Å². The number of alkyl halides is 1. The van der Waals surface area contributed by atoms with Crippen LogP contribution in [-0.2, 0) is 23.8 Å². The summed E-state index contributed by atoms with van der Waals surface area (Å²) >= 11 is 29.5. The fourth-order valence-corrected chi connectivity index (χ4v) is 5.43. The molecule has 15 heteroatoms. The molecule has 0 fully saturated rings. The van der Waals surface area contributed by atoms with Crippen LogP contribution in [0.15, 0.2) is 65.6 Å². The van der Waals surface area contributed by atoms with Gasteiger partial charge < -0.3 is 14.9 Å². The summed E-state index contributed by atoms with van der Waals surface area (Å²) in [6.45, 7) is -0.938. The number of rotatable bonds is 11. The molecule has 3 rings (SSSR count). The molecule has 0 aromatic heterocycles. The minimum atomic E-state index is -4.87. The van der Waals surface area contributed by atoms with Crippen LogP contribution in [0.5, 0.6) is 0 Å². The van der Waals surface area contributed by atoms with Crippen LogP contribution in [0.25, 0.3) is 0 Å². The van der Waals surface area contributed by atoms with Gasteiger partial charge in [0.25, 0.3) is 10.1 Å². The minimum absolute atomic E-state index is 0.0251. The molecule has 0 saturated carbocycles. The Balaban J connectivity index is 1.97. The van der Waals surface area contributed by atoms with E-state index in [1.807, 2.05) is 0 Å². The Bertz CT molecular complexity index is 1510. The third-order valence-corrected chi connectivity index (χ3v) is 8.14. The summed E-state index contributed by atoms with van der Waals surface area (Å²) in [5.74, 6) is -2.06. The van der Waals surface area contributed by atoms with Crippen molar-refractivity contribution in [1.82, 2.24) is 0 Å². The summed E-state index contributed by atoms with van der Waals surface area (Å²) < 4.78 is 57.0. The molecule has 3 atom stereocenters. The molecule has 1 N–H and O–H groups in total. The van der Waals surface area contributed by atoms with E-state index in [1.165, 1.54) is 48.5 Å². The predicted molar refractivity (Wildman–Crippen MR) is 150 cm³/mol. The third-order valence-electron chi connectivity index (χ3n) is 5.12. The van der Waals surface area contributed by atoms with Crippen LogP contribution < -0.4 is 0 Å². The second-order valence-corrected chi connectivity index (χ2v) is 11.5. The molecule has 0 unspecified atom stereocenters. The van der Waals surface area contributed by atoms with Crippen molar-refractivity contribution in [2.45, 2.75) is 23.3 Å². The minimum Gasteiger partial charge on any atom is -0.459 e. The molecule has 3 aromatic carbocycles. The first-order valence-electron chi connectivity index (χ1n) is 10.9. The number of nitrogens with one attached hydrogen (secondary N) is 1. The molecule has 0 heterocycles. The lowest BCUT2D eigenvalue weighted by Gasteiger charge is -2.27. The maximum Gasteiger partial charge on any atom is 0.338 e. The first kappa shape index (κ1) is 32.1. The molecule has 0 radical (unpaired) electrons. The van der Waals surface area contributed by atoms with Crippen LogP contribution in [-0.4, -0.2) is 51.6 Å². The lowest BCUT2D eigenvalue weighted by Crippen LogP contribution is -2.45. The third kappa shape index (κ3) is 8.29. The summed E-state index contributed by atoms with van der Waals surface area (Å²) in [6.07, 6.45) is -6.22. The van der Waals surface area contributed by atoms with Crippen molar-refractivity contribution in [2.75, 3.05) is 6.61 Å². The molecule has 40 heavy (non-hydrogen) atoms. The fourth-order valence-electron chi connectivity index (χ4n) is 3.13. The van der Waals surface area contributed by atoms with E-state index < -0.39 is 51.9 Å². The number of esters is 2. The average molecular weight is 672 g/mol. The van der Waals surface area contributed by atoms with Gasteiger partial charge in [0.1, 0.15) is 11.5 Å². The van der Waals surface area contributed by atoms with Gasteiger partial charge in [-0.15, -0.1) is 0 Å². The van der Waals surface area contributed by atoms with Crippen molar-refractivity contribution in [3.05, 3.63) is 96.9 Å². The Labute approximate surface area is 253 Å². The molecule has 8 nitrogen and oxygen atoms in total. The molecule has 0 amide bonds. The molecule has 0 saturated heterocycles. The summed E-state index contributed by atoms with van der Waals surface area (Å²) in [7, 11) is -4.87. The van der Waals surface area contributed by atoms with Crippen molar-refractivity contribution in [2.24, 2.45) is 0 Å². The Morgan fingerprint density at radius 2 is 1.32 bits per heavy atom. The summed E-state index contributed by atoms with van der Waals surface area (Å²) in [5, 5.41) is 7.39. The van der Waals surface area contributed by atoms with E-state index in [0.717, 1.165) is 12.1 Å². The van der Waals surface area contributed by atoms with Crippen molar-refractivity contribution >= 4 is 86.3 Å². The van der Waals surface area contributed by atoms with Gasteiger partial charge in [-0.3, -0.25) is 4.18 Å². The molecule has 3 aromatic rings. The average Bonchev–Trinajstić information content (AvgIpc) is 2.91. The van der Waals surface area contributed by atoms with Crippen molar-refractivity contribution in [3.63, 3.8) is 0 Å². The Kier molecular flexibility index (Phi) is 11.2. The number of benzene rings is 3. The lowest BCUT2D eigenvalue weighted by atomic mass is 10.1. The van der Waals surface area contributed by atoms with Gasteiger partial charge in [0.05, 0.1) is 26.2 Å². The van der Waals surface area contributed by atoms with E-state index >= 15 is 4.39 Å². The summed E-state index contributed by atoms with van der Waals surface area (Å²) in [6, 6.07) is 12.7. The van der Waals surface area contributed by atoms with E-state index in [0.29, 0.717) is 10.0 Å². The zero-order chi connectivity index (χ0) is 29.6. The highest BCUT2D eigenvalue weighted by Crippen LogP contribution is 2.33. The van der Waals surface area contributed by atoms with E-state index in [4.69, 9.17) is 77.1 Å². The van der Waals surface area contributed by atoms with Gasteiger partial charge >= 0.3 is 11.9 Å². The monoisotopic (exact) mass is 669 g/mol. The van der Waals surface area contributed by atoms with Gasteiger partial charge in [-0.05, 0) is 60.7 Å². The quantitative estimate of drug-likeness (QED) is 0.1000. The van der Waals surface area contributed by atoms with Crippen LogP contribution in [0.2, 0.25) is 25.1 Å². The Hall–Kier alpha value is -2.44. The van der Waals surface area contributed by atoms with Crippen LogP contribution in [0.1, 0.15) is 20.7 Å². The van der Waals surface area contributed by atoms with Gasteiger partial charge in [0, 0.05) is 16.3 Å². The Morgan fingerprint density at radius 3 is 1.85 bits per heavy atom. The highest BCUT2D eigenvalue weighted by Gasteiger charge is 2.39. The standard InChI is InChI=1S/C25H17Cl5FNO7S/c26-15-5-1-13(2-6-15)24(33)37-12-21(39-40(35,36)22-10-18(29)17(28)9-19(22)30)23(20(31)11-32)38-25(34)14-3-7-16(27)8-4-14/h1-11,20-21,23,32H,12H2/t20-,21-,23+/m0/s1. The Morgan fingerprint density at radius 1 is 0.825 bits per heavy atom. The van der Waals surface area contributed by atoms with Crippen molar-refractivity contribution in [1.29, 1.82) is 5.41 Å². The van der Waals surface area contributed by atoms with Gasteiger partial charge in [-0.1, -0.05) is 58.0 Å². The second kappa shape index (κ2) is 14.0. The maximum atomic E-state index is 15.0. The molecule has 0 aliphatic rings. The second-order valence-electron chi connectivity index (χ2n) is 7.88. The van der Waals surface area contributed by atoms with Crippen LogP contribution in [0.3, 0.4) is 0 Å². The normalized spacial score (nSPS) is 13.7. The molecule has 0 aliphatic carbocycles. The molecule has 0 spiro atoms. The highest BCUT2D eigenvalue weighted by atomic mass is 35.5. The first-order valence-corrected chi connectivity index (χ1v) is 14.2. The smallest absolute Gasteiger partial charge is 0.338 e. The number of halogens is 6. The molecular weight excluding hydrogens is 655 g/mol. The van der Waals surface area contributed by atoms with E-state index in [2.05, 4.69) is 0 Å². The van der Waals surface area contributed by atoms with Gasteiger partial charge in [-0.2, -0.15) is 8.42 Å². The predicted octanol–water partition coefficient (Wildman–Crippen LogP) is 7.10. The van der Waals surface area contributed by atoms with E-state index in [1.54, 1.807) is 0 Å². The van der Waals surface area contributed by atoms with Crippen LogP contribution in [0.4, 0.5) is 4.39 Å². The van der Waals surface area contributed by atoms with Crippen molar-refractivity contribution < 1.29 is 36.1 Å². The SMILES string of the molecule is N=C[C@H](F)[C@@H](OC(=O)c1ccc(Cl)cc1)[C@H](COC(=O)c1ccc(Cl)cc1)OS(=O)(=O)c1cc(Cl)c(Cl)cc1Cl.